The Hall–Kier alpha value is -2.77. The van der Waals surface area contributed by atoms with Crippen LogP contribution in [0.4, 0.5) is 5.69 Å². The number of likely N-dealkylation sites (N-methyl/N-ethyl adjacent to an activating group) is 1. The lowest BCUT2D eigenvalue weighted by atomic mass is 10.0. The van der Waals surface area contributed by atoms with Crippen molar-refractivity contribution in [3.8, 4) is 0 Å². The Morgan fingerprint density at radius 2 is 1.77 bits per heavy atom. The van der Waals surface area contributed by atoms with E-state index in [9.17, 15) is 9.59 Å². The van der Waals surface area contributed by atoms with Gasteiger partial charge in [-0.05, 0) is 43.9 Å². The zero-order chi connectivity index (χ0) is 18.9. The quantitative estimate of drug-likeness (QED) is 0.665. The van der Waals surface area contributed by atoms with Crippen LogP contribution in [0.25, 0.3) is 0 Å². The fraction of sp³-hybridized carbons (Fsp3) is 0.316. The summed E-state index contributed by atoms with van der Waals surface area (Å²) < 4.78 is 0. The smallest absolute Gasteiger partial charge is 0.255 e. The Morgan fingerprint density at radius 1 is 1.12 bits per heavy atom. The molecule has 26 heavy (non-hydrogen) atoms. The van der Waals surface area contributed by atoms with Crippen molar-refractivity contribution < 1.29 is 9.59 Å². The molecule has 1 aromatic heterocycles. The molecule has 0 radical (unpaired) electrons. The maximum absolute atomic E-state index is 12.2. The van der Waals surface area contributed by atoms with Crippen LogP contribution in [0.2, 0.25) is 0 Å². The number of nitrogens with two attached hydrogens (primary N) is 1. The van der Waals surface area contributed by atoms with Crippen LogP contribution in [0.15, 0.2) is 48.8 Å². The fourth-order valence-electron chi connectivity index (χ4n) is 2.33. The van der Waals surface area contributed by atoms with Crippen LogP contribution in [0.1, 0.15) is 28.4 Å². The van der Waals surface area contributed by atoms with Gasteiger partial charge in [0.05, 0.1) is 0 Å². The lowest BCUT2D eigenvalue weighted by Crippen LogP contribution is -2.33. The van der Waals surface area contributed by atoms with Gasteiger partial charge < -0.3 is 21.3 Å². The zero-order valence-electron chi connectivity index (χ0n) is 15.1. The molecule has 0 saturated heterocycles. The van der Waals surface area contributed by atoms with Gasteiger partial charge in [-0.2, -0.15) is 0 Å². The van der Waals surface area contributed by atoms with E-state index in [1.165, 1.54) is 0 Å². The Kier molecular flexibility index (Phi) is 7.25. The van der Waals surface area contributed by atoms with Gasteiger partial charge in [0.25, 0.3) is 5.91 Å². The molecular formula is C19H25N5O2. The summed E-state index contributed by atoms with van der Waals surface area (Å²) in [5.74, 6) is -0.295. The van der Waals surface area contributed by atoms with Gasteiger partial charge in [0, 0.05) is 49.2 Å². The maximum atomic E-state index is 12.2. The van der Waals surface area contributed by atoms with Crippen LogP contribution in [0, 0.1) is 0 Å². The van der Waals surface area contributed by atoms with Gasteiger partial charge in [-0.15, -0.1) is 0 Å². The van der Waals surface area contributed by atoms with Crippen LogP contribution in [-0.2, 0) is 4.79 Å². The molecule has 2 amide bonds. The number of carbonyl (C=O) groups excluding carboxylic acids is 2. The molecule has 0 aliphatic heterocycles. The van der Waals surface area contributed by atoms with E-state index in [0.29, 0.717) is 17.8 Å². The summed E-state index contributed by atoms with van der Waals surface area (Å²) in [5.41, 5.74) is 8.11. The topological polar surface area (TPSA) is 100 Å². The van der Waals surface area contributed by atoms with Crippen molar-refractivity contribution in [2.24, 2.45) is 5.73 Å². The predicted molar refractivity (Wildman–Crippen MR) is 102 cm³/mol. The molecule has 0 aliphatic rings. The highest BCUT2D eigenvalue weighted by atomic mass is 16.2. The van der Waals surface area contributed by atoms with Crippen molar-refractivity contribution in [3.05, 3.63) is 59.9 Å². The third kappa shape index (κ3) is 6.27. The van der Waals surface area contributed by atoms with Crippen molar-refractivity contribution in [2.45, 2.75) is 12.5 Å². The van der Waals surface area contributed by atoms with E-state index in [1.54, 1.807) is 48.8 Å². The number of hydrogen-bond donors (Lipinski definition) is 3. The molecule has 2 rings (SSSR count). The van der Waals surface area contributed by atoms with Gasteiger partial charge in [0.2, 0.25) is 5.91 Å². The van der Waals surface area contributed by atoms with Gasteiger partial charge >= 0.3 is 0 Å². The highest BCUT2D eigenvalue weighted by Crippen LogP contribution is 2.16. The van der Waals surface area contributed by atoms with Crippen LogP contribution in [0.5, 0.6) is 0 Å². The lowest BCUT2D eigenvalue weighted by Gasteiger charge is -2.14. The minimum absolute atomic E-state index is 0.0844. The molecule has 2 aromatic rings. The molecular weight excluding hydrogens is 330 g/mol. The van der Waals surface area contributed by atoms with Gasteiger partial charge in [-0.1, -0.05) is 12.1 Å². The van der Waals surface area contributed by atoms with Crippen LogP contribution in [-0.4, -0.2) is 48.9 Å². The summed E-state index contributed by atoms with van der Waals surface area (Å²) in [7, 11) is 3.90. The molecule has 7 heteroatoms. The second-order valence-corrected chi connectivity index (χ2v) is 6.28. The van der Waals surface area contributed by atoms with E-state index in [0.717, 1.165) is 12.1 Å². The molecule has 1 aromatic carbocycles. The summed E-state index contributed by atoms with van der Waals surface area (Å²) in [5, 5.41) is 5.63. The molecule has 0 saturated carbocycles. The average Bonchev–Trinajstić information content (AvgIpc) is 2.62. The Bertz CT molecular complexity index is 716. The molecule has 0 fully saturated rings. The normalized spacial score (nSPS) is 11.8. The number of aromatic nitrogens is 1. The van der Waals surface area contributed by atoms with Gasteiger partial charge in [0.1, 0.15) is 0 Å². The standard InChI is InChI=1S/C19H25N5O2/c1-24(2)12-11-22-18(25)13-17(20)14-3-5-15(6-4-14)19(26)23-16-7-9-21-10-8-16/h3-10,17H,11-13,20H2,1-2H3,(H,22,25)(H,21,23,26). The molecule has 4 N–H and O–H groups in total. The largest absolute Gasteiger partial charge is 0.355 e. The second-order valence-electron chi connectivity index (χ2n) is 6.28. The first-order chi connectivity index (χ1) is 12.5. The minimum Gasteiger partial charge on any atom is -0.355 e. The first kappa shape index (κ1) is 19.6. The summed E-state index contributed by atoms with van der Waals surface area (Å²) in [4.78, 5) is 30.0. The SMILES string of the molecule is CN(C)CCNC(=O)CC(N)c1ccc(C(=O)Nc2ccncc2)cc1. The molecule has 0 bridgehead atoms. The lowest BCUT2D eigenvalue weighted by molar-refractivity contribution is -0.121. The van der Waals surface area contributed by atoms with Crippen molar-refractivity contribution in [1.29, 1.82) is 0 Å². The molecule has 7 nitrogen and oxygen atoms in total. The van der Waals surface area contributed by atoms with E-state index < -0.39 is 6.04 Å². The predicted octanol–water partition coefficient (Wildman–Crippen LogP) is 1.40. The molecule has 1 heterocycles. The van der Waals surface area contributed by atoms with E-state index in [-0.39, 0.29) is 18.2 Å². The van der Waals surface area contributed by atoms with E-state index in [4.69, 9.17) is 5.73 Å². The average molecular weight is 355 g/mol. The molecule has 0 spiro atoms. The molecule has 1 unspecified atom stereocenters. The van der Waals surface area contributed by atoms with Gasteiger partial charge in [-0.25, -0.2) is 0 Å². The number of anilines is 1. The van der Waals surface area contributed by atoms with E-state index in [1.807, 2.05) is 19.0 Å². The number of benzene rings is 1. The third-order valence-electron chi connectivity index (χ3n) is 3.83. The van der Waals surface area contributed by atoms with Gasteiger partial charge in [-0.3, -0.25) is 14.6 Å². The first-order valence-corrected chi connectivity index (χ1v) is 8.44. The zero-order valence-corrected chi connectivity index (χ0v) is 15.1. The van der Waals surface area contributed by atoms with Crippen molar-refractivity contribution in [2.75, 3.05) is 32.5 Å². The number of amides is 2. The molecule has 0 aliphatic carbocycles. The Balaban J connectivity index is 1.87. The summed E-state index contributed by atoms with van der Waals surface area (Å²) in [6, 6.07) is 9.99. The fourth-order valence-corrected chi connectivity index (χ4v) is 2.33. The molecule has 138 valence electrons. The third-order valence-corrected chi connectivity index (χ3v) is 3.83. The number of rotatable bonds is 8. The van der Waals surface area contributed by atoms with Gasteiger partial charge in [0.15, 0.2) is 0 Å². The summed E-state index contributed by atoms with van der Waals surface area (Å²) in [6.45, 7) is 1.37. The number of nitrogens with one attached hydrogen (secondary N) is 2. The van der Waals surface area contributed by atoms with E-state index in [2.05, 4.69) is 15.6 Å². The Morgan fingerprint density at radius 3 is 2.38 bits per heavy atom. The number of carbonyl (C=O) groups is 2. The monoisotopic (exact) mass is 355 g/mol. The van der Waals surface area contributed by atoms with E-state index >= 15 is 0 Å². The highest BCUT2D eigenvalue weighted by Gasteiger charge is 2.13. The summed E-state index contributed by atoms with van der Waals surface area (Å²) in [6.07, 6.45) is 3.43. The van der Waals surface area contributed by atoms with Crippen LogP contribution >= 0.6 is 0 Å². The summed E-state index contributed by atoms with van der Waals surface area (Å²) >= 11 is 0. The van der Waals surface area contributed by atoms with Crippen molar-refractivity contribution in [1.82, 2.24) is 15.2 Å². The minimum atomic E-state index is -0.410. The molecule has 1 atom stereocenters. The number of nitrogens with zero attached hydrogens (tertiary/aromatic N) is 2. The number of hydrogen-bond acceptors (Lipinski definition) is 5. The van der Waals surface area contributed by atoms with Crippen LogP contribution in [0.3, 0.4) is 0 Å². The number of pyridine rings is 1. The van der Waals surface area contributed by atoms with Crippen molar-refractivity contribution >= 4 is 17.5 Å². The second kappa shape index (κ2) is 9.65. The van der Waals surface area contributed by atoms with Crippen LogP contribution < -0.4 is 16.4 Å². The Labute approximate surface area is 153 Å². The first-order valence-electron chi connectivity index (χ1n) is 8.44. The maximum Gasteiger partial charge on any atom is 0.255 e. The highest BCUT2D eigenvalue weighted by molar-refractivity contribution is 6.04. The van der Waals surface area contributed by atoms with Crippen molar-refractivity contribution in [3.63, 3.8) is 0 Å².